The highest BCUT2D eigenvalue weighted by Gasteiger charge is 2.19. The summed E-state index contributed by atoms with van der Waals surface area (Å²) in [6, 6.07) is 0. The van der Waals surface area contributed by atoms with Crippen LogP contribution in [0.2, 0.25) is 0 Å². The lowest BCUT2D eigenvalue weighted by atomic mass is 10.3. The lowest BCUT2D eigenvalue weighted by Crippen LogP contribution is -2.15. The van der Waals surface area contributed by atoms with Gasteiger partial charge in [-0.25, -0.2) is 14.6 Å². The van der Waals surface area contributed by atoms with E-state index in [1.165, 1.54) is 37.7 Å². The summed E-state index contributed by atoms with van der Waals surface area (Å²) >= 11 is 2.83. The molecule has 0 spiro atoms. The van der Waals surface area contributed by atoms with Gasteiger partial charge >= 0.3 is 11.9 Å². The number of carbonyl (C=O) groups is 2. The van der Waals surface area contributed by atoms with Crippen LogP contribution in [0.15, 0.2) is 16.8 Å². The number of carbonyl (C=O) groups excluding carboxylic acids is 2. The third-order valence-corrected chi connectivity index (χ3v) is 3.37. The summed E-state index contributed by atoms with van der Waals surface area (Å²) in [4.78, 5) is 26.4. The second-order valence-electron chi connectivity index (χ2n) is 2.33. The summed E-state index contributed by atoms with van der Waals surface area (Å²) in [7, 11) is 2.37. The quantitative estimate of drug-likeness (QED) is 0.191. The van der Waals surface area contributed by atoms with Crippen LogP contribution in [-0.4, -0.2) is 43.0 Å². The van der Waals surface area contributed by atoms with Gasteiger partial charge in [0, 0.05) is 0 Å². The molecule has 0 unspecified atom stereocenters. The molecular weight excluding hydrogens is 250 g/mol. The summed E-state index contributed by atoms with van der Waals surface area (Å²) in [5.41, 5.74) is -0.231. The molecule has 0 saturated heterocycles. The molecule has 0 N–H and O–H groups in total. The molecule has 0 rings (SSSR count). The zero-order valence-electron chi connectivity index (χ0n) is 9.47. The normalized spacial score (nSPS) is 9.00. The highest BCUT2D eigenvalue weighted by molar-refractivity contribution is 8.38. The van der Waals surface area contributed by atoms with Crippen LogP contribution in [-0.2, 0) is 19.1 Å². The van der Waals surface area contributed by atoms with Gasteiger partial charge in [-0.1, -0.05) is 0 Å². The van der Waals surface area contributed by atoms with Gasteiger partial charge in [-0.15, -0.1) is 23.5 Å². The highest BCUT2D eigenvalue weighted by Crippen LogP contribution is 2.12. The van der Waals surface area contributed by atoms with E-state index in [0.717, 1.165) is 10.6 Å². The molecule has 0 aromatic heterocycles. The molecule has 0 saturated carbocycles. The first-order valence-corrected chi connectivity index (χ1v) is 6.58. The molecule has 0 heterocycles. The molecule has 0 atom stereocenters. The minimum absolute atomic E-state index is 0.231. The fraction of sp³-hybridized carbons (Fsp3) is 0.444. The number of esters is 2. The van der Waals surface area contributed by atoms with Crippen LogP contribution in [0.4, 0.5) is 0 Å². The third kappa shape index (κ3) is 4.71. The maximum atomic E-state index is 11.2. The van der Waals surface area contributed by atoms with Crippen molar-refractivity contribution in [3.8, 4) is 0 Å². The van der Waals surface area contributed by atoms with Crippen molar-refractivity contribution < 1.29 is 19.1 Å². The fourth-order valence-electron chi connectivity index (χ4n) is 0.715. The van der Waals surface area contributed by atoms with Crippen LogP contribution in [0.5, 0.6) is 0 Å². The van der Waals surface area contributed by atoms with Crippen molar-refractivity contribution in [2.45, 2.75) is 0 Å². The first-order valence-electron chi connectivity index (χ1n) is 4.13. The van der Waals surface area contributed by atoms with Gasteiger partial charge < -0.3 is 9.47 Å². The molecule has 0 aliphatic rings. The van der Waals surface area contributed by atoms with E-state index in [1.807, 2.05) is 12.5 Å². The monoisotopic (exact) mass is 263 g/mol. The number of nitrogens with zero attached hydrogens (tertiary/aromatic N) is 1. The maximum absolute atomic E-state index is 11.2. The number of hydrogen-bond acceptors (Lipinski definition) is 7. The number of rotatable bonds is 3. The lowest BCUT2D eigenvalue weighted by Gasteiger charge is -2.01. The molecule has 0 aromatic rings. The average molecular weight is 263 g/mol. The number of aliphatic imine (C=N–C) groups is 1. The minimum Gasteiger partial charge on any atom is -0.465 e. The van der Waals surface area contributed by atoms with Gasteiger partial charge in [0.1, 0.15) is 4.38 Å². The van der Waals surface area contributed by atoms with Crippen LogP contribution in [0.1, 0.15) is 0 Å². The molecule has 0 amide bonds. The molecule has 5 nitrogen and oxygen atoms in total. The van der Waals surface area contributed by atoms with E-state index in [1.54, 1.807) is 0 Å². The number of methoxy groups -OCH3 is 2. The Bertz CT molecular complexity index is 301. The Labute approximate surface area is 103 Å². The van der Waals surface area contributed by atoms with Crippen molar-refractivity contribution in [3.05, 3.63) is 11.8 Å². The molecule has 0 aliphatic carbocycles. The Hall–Kier alpha value is -0.950. The van der Waals surface area contributed by atoms with Crippen molar-refractivity contribution in [2.75, 3.05) is 26.7 Å². The molecule has 0 aliphatic heterocycles. The van der Waals surface area contributed by atoms with Crippen LogP contribution in [0, 0.1) is 0 Å². The second kappa shape index (κ2) is 8.23. The summed E-state index contributed by atoms with van der Waals surface area (Å²) in [6.45, 7) is 0. The molecule has 0 bridgehead atoms. The Morgan fingerprint density at radius 2 is 1.50 bits per heavy atom. The van der Waals surface area contributed by atoms with E-state index in [-0.39, 0.29) is 5.57 Å². The summed E-state index contributed by atoms with van der Waals surface area (Å²) in [5.74, 6) is -1.53. The second-order valence-corrected chi connectivity index (χ2v) is 4.18. The van der Waals surface area contributed by atoms with Crippen molar-refractivity contribution in [1.82, 2.24) is 0 Å². The van der Waals surface area contributed by atoms with Gasteiger partial charge in [-0.3, -0.25) is 0 Å². The predicted molar refractivity (Wildman–Crippen MR) is 66.6 cm³/mol. The van der Waals surface area contributed by atoms with Gasteiger partial charge in [0.15, 0.2) is 5.57 Å². The summed E-state index contributed by atoms with van der Waals surface area (Å²) < 4.78 is 9.62. The third-order valence-electron chi connectivity index (χ3n) is 1.46. The van der Waals surface area contributed by atoms with Crippen molar-refractivity contribution in [1.29, 1.82) is 0 Å². The first-order chi connectivity index (χ1) is 7.60. The maximum Gasteiger partial charge on any atom is 0.346 e. The smallest absolute Gasteiger partial charge is 0.346 e. The van der Waals surface area contributed by atoms with E-state index in [2.05, 4.69) is 14.5 Å². The van der Waals surface area contributed by atoms with Gasteiger partial charge in [0.05, 0.1) is 20.4 Å². The minimum atomic E-state index is -0.767. The zero-order valence-corrected chi connectivity index (χ0v) is 11.1. The molecule has 16 heavy (non-hydrogen) atoms. The van der Waals surface area contributed by atoms with E-state index in [0.29, 0.717) is 0 Å². The van der Waals surface area contributed by atoms with Gasteiger partial charge in [0.2, 0.25) is 0 Å². The molecule has 0 radical (unpaired) electrons. The Kier molecular flexibility index (Phi) is 7.74. The standard InChI is InChI=1S/C9H13NO4S2/c1-13-7(11)6(8(12)14-2)5-10-9(15-3)16-4/h5H,1-4H3. The SMILES string of the molecule is COC(=O)C(=CN=C(SC)SC)C(=O)OC. The van der Waals surface area contributed by atoms with Gasteiger partial charge in [0.25, 0.3) is 0 Å². The van der Waals surface area contributed by atoms with Gasteiger partial charge in [-0.2, -0.15) is 0 Å². The Balaban J connectivity index is 5.03. The number of ether oxygens (including phenoxy) is 2. The Morgan fingerprint density at radius 3 is 1.81 bits per heavy atom. The fourth-order valence-corrected chi connectivity index (χ4v) is 1.70. The van der Waals surface area contributed by atoms with Crippen molar-refractivity contribution in [3.63, 3.8) is 0 Å². The average Bonchev–Trinajstić information content (AvgIpc) is 2.33. The highest BCUT2D eigenvalue weighted by atomic mass is 32.2. The van der Waals surface area contributed by atoms with E-state index < -0.39 is 11.9 Å². The largest absolute Gasteiger partial charge is 0.465 e. The molecular formula is C9H13NO4S2. The van der Waals surface area contributed by atoms with Crippen LogP contribution in [0.3, 0.4) is 0 Å². The zero-order chi connectivity index (χ0) is 12.6. The van der Waals surface area contributed by atoms with Gasteiger partial charge in [-0.05, 0) is 12.5 Å². The Morgan fingerprint density at radius 1 is 1.06 bits per heavy atom. The van der Waals surface area contributed by atoms with E-state index in [9.17, 15) is 9.59 Å². The van der Waals surface area contributed by atoms with Crippen LogP contribution < -0.4 is 0 Å². The van der Waals surface area contributed by atoms with E-state index in [4.69, 9.17) is 0 Å². The number of thioether (sulfide) groups is 2. The first kappa shape index (κ1) is 15.0. The molecule has 0 fully saturated rings. The lowest BCUT2D eigenvalue weighted by molar-refractivity contribution is -0.144. The van der Waals surface area contributed by atoms with Crippen molar-refractivity contribution >= 4 is 39.8 Å². The van der Waals surface area contributed by atoms with E-state index >= 15 is 0 Å². The van der Waals surface area contributed by atoms with Crippen LogP contribution >= 0.6 is 23.5 Å². The summed E-state index contributed by atoms with van der Waals surface area (Å²) in [5, 5.41) is 0. The summed E-state index contributed by atoms with van der Waals surface area (Å²) in [6.07, 6.45) is 4.85. The van der Waals surface area contributed by atoms with Crippen LogP contribution in [0.25, 0.3) is 0 Å². The topological polar surface area (TPSA) is 65.0 Å². The molecule has 90 valence electrons. The molecule has 0 aromatic carbocycles. The predicted octanol–water partition coefficient (Wildman–Crippen LogP) is 1.30. The van der Waals surface area contributed by atoms with Crippen molar-refractivity contribution in [2.24, 2.45) is 4.99 Å². The molecule has 7 heteroatoms. The number of hydrogen-bond donors (Lipinski definition) is 0.